The lowest BCUT2D eigenvalue weighted by molar-refractivity contribution is -0.140. The Balaban J connectivity index is 2.45. The highest BCUT2D eigenvalue weighted by Crippen LogP contribution is 2.23. The number of ether oxygens (including phenoxy) is 1. The molecule has 0 saturated heterocycles. The lowest BCUT2D eigenvalue weighted by Crippen LogP contribution is -2.53. The van der Waals surface area contributed by atoms with Gasteiger partial charge in [-0.15, -0.1) is 0 Å². The van der Waals surface area contributed by atoms with Gasteiger partial charge in [-0.3, -0.25) is 13.9 Å². The van der Waals surface area contributed by atoms with Crippen LogP contribution in [0.5, 0.6) is 5.75 Å². The molecule has 2 amide bonds. The van der Waals surface area contributed by atoms with Gasteiger partial charge in [-0.1, -0.05) is 48.0 Å². The predicted molar refractivity (Wildman–Crippen MR) is 142 cm³/mol. The van der Waals surface area contributed by atoms with Crippen LogP contribution in [0.15, 0.2) is 53.0 Å². The number of methoxy groups -OCH3 is 1. The molecule has 0 aliphatic rings. The zero-order chi connectivity index (χ0) is 26.2. The summed E-state index contributed by atoms with van der Waals surface area (Å²) in [6, 6.07) is 13.1. The number of hydrogen-bond donors (Lipinski definition) is 1. The van der Waals surface area contributed by atoms with Gasteiger partial charge in [0.25, 0.3) is 0 Å². The van der Waals surface area contributed by atoms with Crippen molar-refractivity contribution in [1.82, 2.24) is 10.2 Å². The summed E-state index contributed by atoms with van der Waals surface area (Å²) in [5.74, 6) is -0.130. The molecule has 2 aromatic rings. The summed E-state index contributed by atoms with van der Waals surface area (Å²) in [5.41, 5.74) is 1.12. The van der Waals surface area contributed by atoms with Crippen LogP contribution in [-0.4, -0.2) is 57.1 Å². The highest BCUT2D eigenvalue weighted by Gasteiger charge is 2.32. The Morgan fingerprint density at radius 2 is 1.77 bits per heavy atom. The third-order valence-electron chi connectivity index (χ3n) is 5.65. The topological polar surface area (TPSA) is 96.0 Å². The van der Waals surface area contributed by atoms with Crippen LogP contribution < -0.4 is 14.4 Å². The van der Waals surface area contributed by atoms with Gasteiger partial charge in [-0.25, -0.2) is 8.42 Å². The maximum absolute atomic E-state index is 13.7. The Morgan fingerprint density at radius 3 is 2.34 bits per heavy atom. The standard InChI is InChI=1S/C25H34BrN3O5S/c1-6-18(3)27-25(31)23(7-2)28(16-19-10-8-13-22(14-19)34-4)24(30)17-29(35(5,32)33)21-12-9-11-20(26)15-21/h8-15,18,23H,6-7,16-17H2,1-5H3,(H,27,31). The molecule has 0 radical (unpaired) electrons. The maximum atomic E-state index is 13.7. The molecule has 0 aliphatic heterocycles. The fraction of sp³-hybridized carbons (Fsp3) is 0.440. The second-order valence-electron chi connectivity index (χ2n) is 8.36. The van der Waals surface area contributed by atoms with Crippen LogP contribution in [0, 0.1) is 0 Å². The first-order valence-electron chi connectivity index (χ1n) is 11.5. The van der Waals surface area contributed by atoms with E-state index in [0.29, 0.717) is 22.3 Å². The van der Waals surface area contributed by atoms with Gasteiger partial charge in [-0.05, 0) is 55.7 Å². The zero-order valence-electron chi connectivity index (χ0n) is 20.8. The predicted octanol–water partition coefficient (Wildman–Crippen LogP) is 3.95. The molecular formula is C25H34BrN3O5S. The first-order chi connectivity index (χ1) is 16.5. The van der Waals surface area contributed by atoms with E-state index in [4.69, 9.17) is 4.74 Å². The van der Waals surface area contributed by atoms with Gasteiger partial charge in [0, 0.05) is 17.1 Å². The first-order valence-corrected chi connectivity index (χ1v) is 14.1. The Labute approximate surface area is 216 Å². The highest BCUT2D eigenvalue weighted by molar-refractivity contribution is 9.10. The van der Waals surface area contributed by atoms with E-state index in [1.807, 2.05) is 26.8 Å². The summed E-state index contributed by atoms with van der Waals surface area (Å²) >= 11 is 3.35. The van der Waals surface area contributed by atoms with Crippen LogP contribution in [0.3, 0.4) is 0 Å². The molecule has 192 valence electrons. The molecule has 2 rings (SSSR count). The Bertz CT molecular complexity index is 1130. The van der Waals surface area contributed by atoms with Gasteiger partial charge in [0.05, 0.1) is 19.1 Å². The molecule has 0 bridgehead atoms. The number of carbonyl (C=O) groups excluding carboxylic acids is 2. The van der Waals surface area contributed by atoms with E-state index in [2.05, 4.69) is 21.2 Å². The third kappa shape index (κ3) is 8.24. The van der Waals surface area contributed by atoms with Gasteiger partial charge in [0.1, 0.15) is 18.3 Å². The summed E-state index contributed by atoms with van der Waals surface area (Å²) in [6.07, 6.45) is 2.17. The van der Waals surface area contributed by atoms with Crippen LogP contribution in [0.1, 0.15) is 39.2 Å². The number of anilines is 1. The smallest absolute Gasteiger partial charge is 0.244 e. The molecule has 2 atom stereocenters. The van der Waals surface area contributed by atoms with Crippen molar-refractivity contribution in [3.05, 3.63) is 58.6 Å². The molecule has 0 aliphatic carbocycles. The lowest BCUT2D eigenvalue weighted by atomic mass is 10.1. The Kier molecular flexibility index (Phi) is 10.6. The van der Waals surface area contributed by atoms with Crippen LogP contribution in [0.2, 0.25) is 0 Å². The largest absolute Gasteiger partial charge is 0.497 e. The molecule has 0 saturated carbocycles. The van der Waals surface area contributed by atoms with E-state index in [1.165, 1.54) is 4.90 Å². The van der Waals surface area contributed by atoms with E-state index in [1.54, 1.807) is 49.6 Å². The molecule has 0 fully saturated rings. The number of nitrogens with one attached hydrogen (secondary N) is 1. The summed E-state index contributed by atoms with van der Waals surface area (Å²) in [6.45, 7) is 5.38. The Hall–Kier alpha value is -2.59. The van der Waals surface area contributed by atoms with Gasteiger partial charge in [0.15, 0.2) is 0 Å². The van der Waals surface area contributed by atoms with Crippen LogP contribution in [-0.2, 0) is 26.2 Å². The molecule has 35 heavy (non-hydrogen) atoms. The average Bonchev–Trinajstić information content (AvgIpc) is 2.81. The van der Waals surface area contributed by atoms with Gasteiger partial charge >= 0.3 is 0 Å². The van der Waals surface area contributed by atoms with Crippen molar-refractivity contribution in [2.24, 2.45) is 0 Å². The van der Waals surface area contributed by atoms with E-state index < -0.39 is 28.5 Å². The monoisotopic (exact) mass is 567 g/mol. The number of nitrogens with zero attached hydrogens (tertiary/aromatic N) is 2. The average molecular weight is 569 g/mol. The molecule has 2 aromatic carbocycles. The third-order valence-corrected chi connectivity index (χ3v) is 7.28. The van der Waals surface area contributed by atoms with Crippen LogP contribution in [0.4, 0.5) is 5.69 Å². The first kappa shape index (κ1) is 28.6. The molecule has 0 spiro atoms. The normalized spacial score (nSPS) is 13.0. The second-order valence-corrected chi connectivity index (χ2v) is 11.2. The van der Waals surface area contributed by atoms with Crippen molar-refractivity contribution < 1.29 is 22.7 Å². The molecular weight excluding hydrogens is 534 g/mol. The van der Waals surface area contributed by atoms with Crippen molar-refractivity contribution in [1.29, 1.82) is 0 Å². The molecule has 0 heterocycles. The van der Waals surface area contributed by atoms with Crippen molar-refractivity contribution in [3.8, 4) is 5.75 Å². The number of sulfonamides is 1. The van der Waals surface area contributed by atoms with E-state index >= 15 is 0 Å². The van der Waals surface area contributed by atoms with Crippen molar-refractivity contribution in [2.75, 3.05) is 24.2 Å². The number of carbonyl (C=O) groups is 2. The van der Waals surface area contributed by atoms with Crippen LogP contribution >= 0.6 is 15.9 Å². The minimum absolute atomic E-state index is 0.0560. The van der Waals surface area contributed by atoms with Gasteiger partial charge in [-0.2, -0.15) is 0 Å². The SMILES string of the molecule is CCC(C)NC(=O)C(CC)N(Cc1cccc(OC)c1)C(=O)CN(c1cccc(Br)c1)S(C)(=O)=O. The minimum atomic E-state index is -3.78. The highest BCUT2D eigenvalue weighted by atomic mass is 79.9. The summed E-state index contributed by atoms with van der Waals surface area (Å²) in [7, 11) is -2.22. The maximum Gasteiger partial charge on any atom is 0.244 e. The van der Waals surface area contributed by atoms with Crippen molar-refractivity contribution in [3.63, 3.8) is 0 Å². The zero-order valence-corrected chi connectivity index (χ0v) is 23.2. The number of halogens is 1. The van der Waals surface area contributed by atoms with Gasteiger partial charge in [0.2, 0.25) is 21.8 Å². The number of rotatable bonds is 12. The fourth-order valence-corrected chi connectivity index (χ4v) is 4.80. The molecule has 2 unspecified atom stereocenters. The Morgan fingerprint density at radius 1 is 1.09 bits per heavy atom. The summed E-state index contributed by atoms with van der Waals surface area (Å²) in [5, 5.41) is 2.95. The van der Waals surface area contributed by atoms with E-state index in [9.17, 15) is 18.0 Å². The number of benzene rings is 2. The van der Waals surface area contributed by atoms with E-state index in [-0.39, 0.29) is 18.5 Å². The lowest BCUT2D eigenvalue weighted by Gasteiger charge is -2.33. The molecule has 1 N–H and O–H groups in total. The molecule has 8 nitrogen and oxygen atoms in total. The number of amides is 2. The molecule has 0 aromatic heterocycles. The fourth-order valence-electron chi connectivity index (χ4n) is 3.57. The van der Waals surface area contributed by atoms with Crippen molar-refractivity contribution >= 4 is 43.5 Å². The minimum Gasteiger partial charge on any atom is -0.497 e. The van der Waals surface area contributed by atoms with Crippen LogP contribution in [0.25, 0.3) is 0 Å². The summed E-state index contributed by atoms with van der Waals surface area (Å²) in [4.78, 5) is 28.3. The summed E-state index contributed by atoms with van der Waals surface area (Å²) < 4.78 is 32.3. The van der Waals surface area contributed by atoms with Crippen molar-refractivity contribution in [2.45, 2.75) is 52.2 Å². The van der Waals surface area contributed by atoms with E-state index in [0.717, 1.165) is 22.5 Å². The quantitative estimate of drug-likeness (QED) is 0.419. The van der Waals surface area contributed by atoms with Gasteiger partial charge < -0.3 is 15.0 Å². The number of hydrogen-bond acceptors (Lipinski definition) is 5. The second kappa shape index (κ2) is 12.9. The molecule has 10 heteroatoms.